The molecule has 5 nitrogen and oxygen atoms in total. The highest BCUT2D eigenvalue weighted by Crippen LogP contribution is 2.27. The lowest BCUT2D eigenvalue weighted by molar-refractivity contribution is 0.0525. The zero-order chi connectivity index (χ0) is 13.8. The van der Waals surface area contributed by atoms with Crippen LogP contribution in [0.25, 0.3) is 0 Å². The third-order valence-electron chi connectivity index (χ3n) is 1.95. The predicted molar refractivity (Wildman–Crippen MR) is 62.3 cm³/mol. The fourth-order valence-corrected chi connectivity index (χ4v) is 1.78. The first kappa shape index (κ1) is 13.3. The summed E-state index contributed by atoms with van der Waals surface area (Å²) in [5, 5.41) is 7.08. The molecular formula is C11H8F2N2O3S. The van der Waals surface area contributed by atoms with Crippen molar-refractivity contribution >= 4 is 17.3 Å². The number of benzene rings is 1. The molecule has 0 atom stereocenters. The topological polar surface area (TPSA) is 61.3 Å². The van der Waals surface area contributed by atoms with E-state index in [0.29, 0.717) is 6.07 Å². The van der Waals surface area contributed by atoms with E-state index in [1.165, 1.54) is 0 Å². The Morgan fingerprint density at radius 3 is 2.84 bits per heavy atom. The summed E-state index contributed by atoms with van der Waals surface area (Å²) in [6.45, 7) is 1.87. The summed E-state index contributed by atoms with van der Waals surface area (Å²) in [5.41, 5.74) is 0. The minimum Gasteiger partial charge on any atom is -0.461 e. The average Bonchev–Trinajstić information content (AvgIpc) is 2.82. The van der Waals surface area contributed by atoms with E-state index in [1.807, 2.05) is 0 Å². The SMILES string of the molecule is CCOC(=O)c1nnc(Oc2ccc(F)cc2F)s1. The molecule has 0 radical (unpaired) electrons. The van der Waals surface area contributed by atoms with Gasteiger partial charge >= 0.3 is 5.97 Å². The van der Waals surface area contributed by atoms with Crippen molar-refractivity contribution in [3.63, 3.8) is 0 Å². The number of carbonyl (C=O) groups is 1. The van der Waals surface area contributed by atoms with Gasteiger partial charge in [-0.05, 0) is 30.4 Å². The Morgan fingerprint density at radius 1 is 1.37 bits per heavy atom. The number of aromatic nitrogens is 2. The lowest BCUT2D eigenvalue weighted by Crippen LogP contribution is -2.03. The summed E-state index contributed by atoms with van der Waals surface area (Å²) < 4.78 is 35.8. The lowest BCUT2D eigenvalue weighted by atomic mass is 10.3. The molecule has 0 aliphatic rings. The van der Waals surface area contributed by atoms with Gasteiger partial charge in [-0.3, -0.25) is 0 Å². The average molecular weight is 286 g/mol. The van der Waals surface area contributed by atoms with Crippen molar-refractivity contribution in [3.05, 3.63) is 34.8 Å². The molecule has 0 aliphatic carbocycles. The molecule has 1 heterocycles. The van der Waals surface area contributed by atoms with Gasteiger partial charge in [0.1, 0.15) is 5.82 Å². The van der Waals surface area contributed by atoms with Crippen molar-refractivity contribution in [2.75, 3.05) is 6.61 Å². The van der Waals surface area contributed by atoms with Crippen LogP contribution in [0.1, 0.15) is 16.7 Å². The number of hydrogen-bond donors (Lipinski definition) is 0. The zero-order valence-electron chi connectivity index (χ0n) is 9.72. The lowest BCUT2D eigenvalue weighted by Gasteiger charge is -2.01. The van der Waals surface area contributed by atoms with Gasteiger partial charge in [-0.25, -0.2) is 13.6 Å². The van der Waals surface area contributed by atoms with Crippen molar-refractivity contribution < 1.29 is 23.0 Å². The highest BCUT2D eigenvalue weighted by atomic mass is 32.1. The molecule has 0 amide bonds. The number of hydrogen-bond acceptors (Lipinski definition) is 6. The van der Waals surface area contributed by atoms with Gasteiger partial charge in [-0.15, -0.1) is 5.10 Å². The molecule has 100 valence electrons. The quantitative estimate of drug-likeness (QED) is 0.809. The first-order valence-corrected chi connectivity index (χ1v) is 6.05. The molecule has 0 N–H and O–H groups in total. The van der Waals surface area contributed by atoms with Gasteiger partial charge in [0.15, 0.2) is 11.6 Å². The van der Waals surface area contributed by atoms with Crippen molar-refractivity contribution in [2.45, 2.75) is 6.92 Å². The molecule has 0 fully saturated rings. The van der Waals surface area contributed by atoms with Crippen LogP contribution in [0.2, 0.25) is 0 Å². The van der Waals surface area contributed by atoms with Gasteiger partial charge in [0.05, 0.1) is 6.61 Å². The number of halogens is 2. The molecular weight excluding hydrogens is 278 g/mol. The van der Waals surface area contributed by atoms with Crippen LogP contribution in [0.3, 0.4) is 0 Å². The zero-order valence-corrected chi connectivity index (χ0v) is 10.5. The highest BCUT2D eigenvalue weighted by Gasteiger charge is 2.16. The molecule has 2 rings (SSSR count). The van der Waals surface area contributed by atoms with E-state index in [9.17, 15) is 13.6 Å². The van der Waals surface area contributed by atoms with Crippen LogP contribution in [0, 0.1) is 11.6 Å². The van der Waals surface area contributed by atoms with Crippen LogP contribution in [0.15, 0.2) is 18.2 Å². The molecule has 19 heavy (non-hydrogen) atoms. The van der Waals surface area contributed by atoms with Crippen molar-refractivity contribution in [3.8, 4) is 10.9 Å². The second-order valence-electron chi connectivity index (χ2n) is 3.27. The fraction of sp³-hybridized carbons (Fsp3) is 0.182. The van der Waals surface area contributed by atoms with E-state index in [2.05, 4.69) is 10.2 Å². The maximum absolute atomic E-state index is 13.3. The van der Waals surface area contributed by atoms with Crippen molar-refractivity contribution in [2.24, 2.45) is 0 Å². The Bertz CT molecular complexity index is 603. The molecule has 0 saturated heterocycles. The van der Waals surface area contributed by atoms with Gasteiger partial charge in [0, 0.05) is 6.07 Å². The largest absolute Gasteiger partial charge is 0.461 e. The minimum atomic E-state index is -0.868. The summed E-state index contributed by atoms with van der Waals surface area (Å²) in [4.78, 5) is 11.3. The van der Waals surface area contributed by atoms with Gasteiger partial charge < -0.3 is 9.47 Å². The maximum Gasteiger partial charge on any atom is 0.369 e. The third-order valence-corrected chi connectivity index (χ3v) is 2.73. The summed E-state index contributed by atoms with van der Waals surface area (Å²) in [7, 11) is 0. The monoisotopic (exact) mass is 286 g/mol. The number of esters is 1. The van der Waals surface area contributed by atoms with E-state index in [4.69, 9.17) is 9.47 Å². The molecule has 0 saturated carbocycles. The van der Waals surface area contributed by atoms with Crippen LogP contribution < -0.4 is 4.74 Å². The summed E-state index contributed by atoms with van der Waals surface area (Å²) in [6, 6.07) is 2.85. The Morgan fingerprint density at radius 2 is 2.16 bits per heavy atom. The second kappa shape index (κ2) is 5.70. The van der Waals surface area contributed by atoms with E-state index in [0.717, 1.165) is 23.5 Å². The second-order valence-corrected chi connectivity index (χ2v) is 4.21. The number of carbonyl (C=O) groups excluding carboxylic acids is 1. The molecule has 1 aromatic carbocycles. The van der Waals surface area contributed by atoms with E-state index in [-0.39, 0.29) is 22.6 Å². The Kier molecular flexibility index (Phi) is 4.00. The number of nitrogens with zero attached hydrogens (tertiary/aromatic N) is 2. The van der Waals surface area contributed by atoms with Crippen LogP contribution in [-0.4, -0.2) is 22.8 Å². The smallest absolute Gasteiger partial charge is 0.369 e. The van der Waals surface area contributed by atoms with E-state index < -0.39 is 17.6 Å². The van der Waals surface area contributed by atoms with Gasteiger partial charge in [-0.1, -0.05) is 5.10 Å². The van der Waals surface area contributed by atoms with E-state index in [1.54, 1.807) is 6.92 Å². The van der Waals surface area contributed by atoms with Gasteiger partial charge in [0.25, 0.3) is 5.19 Å². The van der Waals surface area contributed by atoms with Crippen molar-refractivity contribution in [1.82, 2.24) is 10.2 Å². The molecule has 0 aliphatic heterocycles. The summed E-state index contributed by atoms with van der Waals surface area (Å²) in [5.74, 6) is -2.41. The molecule has 0 unspecified atom stereocenters. The van der Waals surface area contributed by atoms with Crippen LogP contribution in [0.5, 0.6) is 10.9 Å². The minimum absolute atomic E-state index is 0.000583. The highest BCUT2D eigenvalue weighted by molar-refractivity contribution is 7.14. The molecule has 0 spiro atoms. The summed E-state index contributed by atoms with van der Waals surface area (Å²) in [6.07, 6.45) is 0. The summed E-state index contributed by atoms with van der Waals surface area (Å²) >= 11 is 0.809. The molecule has 2 aromatic rings. The van der Waals surface area contributed by atoms with Gasteiger partial charge in [-0.2, -0.15) is 0 Å². The van der Waals surface area contributed by atoms with Crippen LogP contribution in [0.4, 0.5) is 8.78 Å². The Labute approximate surface area is 110 Å². The number of rotatable bonds is 4. The Hall–Kier alpha value is -2.09. The Balaban J connectivity index is 2.13. The van der Waals surface area contributed by atoms with Crippen molar-refractivity contribution in [1.29, 1.82) is 0 Å². The van der Waals surface area contributed by atoms with Gasteiger partial charge in [0.2, 0.25) is 5.01 Å². The first-order valence-electron chi connectivity index (χ1n) is 5.23. The first-order chi connectivity index (χ1) is 9.10. The standard InChI is InChI=1S/C11H8F2N2O3S/c1-2-17-10(16)9-14-15-11(19-9)18-8-4-3-6(12)5-7(8)13/h3-5H,2H2,1H3. The van der Waals surface area contributed by atoms with Crippen LogP contribution in [-0.2, 0) is 4.74 Å². The third kappa shape index (κ3) is 3.22. The normalized spacial score (nSPS) is 10.3. The molecule has 1 aromatic heterocycles. The van der Waals surface area contributed by atoms with Crippen LogP contribution >= 0.6 is 11.3 Å². The predicted octanol–water partition coefficient (Wildman–Crippen LogP) is 2.79. The fourth-order valence-electron chi connectivity index (χ4n) is 1.18. The van der Waals surface area contributed by atoms with E-state index >= 15 is 0 Å². The number of ether oxygens (including phenoxy) is 2. The maximum atomic E-state index is 13.3. The molecule has 0 bridgehead atoms. The molecule has 8 heteroatoms.